The molecule has 0 aliphatic carbocycles. The van der Waals surface area contributed by atoms with Gasteiger partial charge in [-0.05, 0) is 31.5 Å². The van der Waals surface area contributed by atoms with Gasteiger partial charge in [-0.1, -0.05) is 23.5 Å². The minimum atomic E-state index is 0.821. The number of hydrogen-bond acceptors (Lipinski definition) is 4. The molecule has 94 valence electrons. The van der Waals surface area contributed by atoms with Crippen LogP contribution in [0.4, 0.5) is 10.8 Å². The summed E-state index contributed by atoms with van der Waals surface area (Å²) in [6, 6.07) is 8.29. The fraction of sp³-hybridized carbons (Fsp3) is 0.286. The second kappa shape index (κ2) is 5.31. The van der Waals surface area contributed by atoms with E-state index in [9.17, 15) is 0 Å². The third-order valence-electron chi connectivity index (χ3n) is 2.75. The van der Waals surface area contributed by atoms with Crippen molar-refractivity contribution < 1.29 is 0 Å². The molecule has 0 spiro atoms. The standard InChI is InChI=1S/C14H17N3S/c1-10-11(2)18-14(16-10)15-9-12-5-7-13(8-6-12)17(3)4/h5-9H,1-4H3. The molecule has 0 saturated heterocycles. The van der Waals surface area contributed by atoms with Gasteiger partial charge in [0.1, 0.15) is 0 Å². The van der Waals surface area contributed by atoms with E-state index in [0.29, 0.717) is 0 Å². The van der Waals surface area contributed by atoms with Crippen LogP contribution >= 0.6 is 11.3 Å². The minimum absolute atomic E-state index is 0.821. The molecule has 2 aromatic rings. The maximum atomic E-state index is 4.40. The van der Waals surface area contributed by atoms with Crippen molar-refractivity contribution in [2.24, 2.45) is 4.99 Å². The van der Waals surface area contributed by atoms with Crippen LogP contribution in [0, 0.1) is 13.8 Å². The molecule has 0 radical (unpaired) electrons. The SMILES string of the molecule is Cc1nc(N=Cc2ccc(N(C)C)cc2)sc1C. The van der Waals surface area contributed by atoms with Crippen LogP contribution in [0.15, 0.2) is 29.3 Å². The monoisotopic (exact) mass is 259 g/mol. The Morgan fingerprint density at radius 3 is 2.33 bits per heavy atom. The van der Waals surface area contributed by atoms with Gasteiger partial charge in [0.15, 0.2) is 0 Å². The van der Waals surface area contributed by atoms with E-state index >= 15 is 0 Å². The Morgan fingerprint density at radius 2 is 1.83 bits per heavy atom. The van der Waals surface area contributed by atoms with Crippen molar-refractivity contribution in [3.8, 4) is 0 Å². The highest BCUT2D eigenvalue weighted by molar-refractivity contribution is 7.15. The third kappa shape index (κ3) is 2.96. The zero-order valence-corrected chi connectivity index (χ0v) is 12.0. The van der Waals surface area contributed by atoms with Crippen molar-refractivity contribution >= 4 is 28.4 Å². The lowest BCUT2D eigenvalue weighted by molar-refractivity contribution is 1.13. The normalized spacial score (nSPS) is 11.1. The van der Waals surface area contributed by atoms with Crippen molar-refractivity contribution in [3.63, 3.8) is 0 Å². The van der Waals surface area contributed by atoms with Gasteiger partial charge in [0.25, 0.3) is 0 Å². The molecule has 0 saturated carbocycles. The van der Waals surface area contributed by atoms with Gasteiger partial charge in [0, 0.05) is 30.9 Å². The van der Waals surface area contributed by atoms with Crippen molar-refractivity contribution in [2.75, 3.05) is 19.0 Å². The van der Waals surface area contributed by atoms with E-state index < -0.39 is 0 Å². The average Bonchev–Trinajstić information content (AvgIpc) is 2.67. The molecule has 18 heavy (non-hydrogen) atoms. The smallest absolute Gasteiger partial charge is 0.209 e. The van der Waals surface area contributed by atoms with Crippen molar-refractivity contribution in [1.29, 1.82) is 0 Å². The number of aliphatic imine (C=N–C) groups is 1. The number of anilines is 1. The molecule has 0 aliphatic heterocycles. The first kappa shape index (κ1) is 12.8. The van der Waals surface area contributed by atoms with Gasteiger partial charge in [-0.25, -0.2) is 9.98 Å². The predicted octanol–water partition coefficient (Wildman–Crippen LogP) is 3.58. The predicted molar refractivity (Wildman–Crippen MR) is 79.6 cm³/mol. The molecule has 0 unspecified atom stereocenters. The topological polar surface area (TPSA) is 28.5 Å². The van der Waals surface area contributed by atoms with E-state index in [-0.39, 0.29) is 0 Å². The molecule has 2 rings (SSSR count). The minimum Gasteiger partial charge on any atom is -0.378 e. The highest BCUT2D eigenvalue weighted by Crippen LogP contribution is 2.23. The Morgan fingerprint density at radius 1 is 1.17 bits per heavy atom. The molecule has 0 N–H and O–H groups in total. The largest absolute Gasteiger partial charge is 0.378 e. The number of aryl methyl sites for hydroxylation is 2. The quantitative estimate of drug-likeness (QED) is 0.788. The fourth-order valence-corrected chi connectivity index (χ4v) is 2.25. The van der Waals surface area contributed by atoms with Crippen LogP contribution in [-0.4, -0.2) is 25.3 Å². The summed E-state index contributed by atoms with van der Waals surface area (Å²) >= 11 is 1.62. The molecule has 1 aromatic heterocycles. The van der Waals surface area contributed by atoms with Crippen LogP contribution in [0.3, 0.4) is 0 Å². The van der Waals surface area contributed by atoms with Gasteiger partial charge in [0.05, 0.1) is 5.69 Å². The summed E-state index contributed by atoms with van der Waals surface area (Å²) in [7, 11) is 4.06. The molecular formula is C14H17N3S. The Balaban J connectivity index is 2.13. The summed E-state index contributed by atoms with van der Waals surface area (Å²) in [6.45, 7) is 4.08. The molecule has 0 fully saturated rings. The fourth-order valence-electron chi connectivity index (χ4n) is 1.50. The molecular weight excluding hydrogens is 242 g/mol. The maximum absolute atomic E-state index is 4.40. The van der Waals surface area contributed by atoms with Gasteiger partial charge in [-0.2, -0.15) is 0 Å². The van der Waals surface area contributed by atoms with Crippen molar-refractivity contribution in [3.05, 3.63) is 40.4 Å². The summed E-state index contributed by atoms with van der Waals surface area (Å²) in [5.41, 5.74) is 3.34. The van der Waals surface area contributed by atoms with Gasteiger partial charge >= 0.3 is 0 Å². The number of hydrogen-bond donors (Lipinski definition) is 0. The number of thiazole rings is 1. The average molecular weight is 259 g/mol. The first-order valence-electron chi connectivity index (χ1n) is 5.82. The summed E-state index contributed by atoms with van der Waals surface area (Å²) in [4.78, 5) is 12.1. The van der Waals surface area contributed by atoms with Crippen LogP contribution in [0.5, 0.6) is 0 Å². The first-order chi connectivity index (χ1) is 8.56. The molecule has 4 heteroatoms. The maximum Gasteiger partial charge on any atom is 0.209 e. The van der Waals surface area contributed by atoms with E-state index in [1.54, 1.807) is 11.3 Å². The second-order valence-electron chi connectivity index (χ2n) is 4.38. The summed E-state index contributed by atoms with van der Waals surface area (Å²) < 4.78 is 0. The molecule has 1 aromatic carbocycles. The molecule has 0 atom stereocenters. The van der Waals surface area contributed by atoms with Crippen LogP contribution in [0.2, 0.25) is 0 Å². The first-order valence-corrected chi connectivity index (χ1v) is 6.63. The van der Waals surface area contributed by atoms with E-state index in [0.717, 1.165) is 16.4 Å². The number of benzene rings is 1. The van der Waals surface area contributed by atoms with Crippen LogP contribution in [-0.2, 0) is 0 Å². The Bertz CT molecular complexity index is 533. The van der Waals surface area contributed by atoms with Gasteiger partial charge in [-0.3, -0.25) is 0 Å². The van der Waals surface area contributed by atoms with Crippen molar-refractivity contribution in [1.82, 2.24) is 4.98 Å². The van der Waals surface area contributed by atoms with Gasteiger partial charge in [0.2, 0.25) is 5.13 Å². The zero-order chi connectivity index (χ0) is 13.1. The Hall–Kier alpha value is -1.68. The number of aromatic nitrogens is 1. The molecule has 0 bridgehead atoms. The lowest BCUT2D eigenvalue weighted by atomic mass is 10.2. The molecule has 0 amide bonds. The number of nitrogens with zero attached hydrogens (tertiary/aromatic N) is 3. The Labute approximate surface area is 112 Å². The highest BCUT2D eigenvalue weighted by Gasteiger charge is 2.00. The van der Waals surface area contributed by atoms with E-state index in [1.165, 1.54) is 10.6 Å². The lowest BCUT2D eigenvalue weighted by Crippen LogP contribution is -2.08. The summed E-state index contributed by atoms with van der Waals surface area (Å²) in [6.07, 6.45) is 1.86. The van der Waals surface area contributed by atoms with Crippen molar-refractivity contribution in [2.45, 2.75) is 13.8 Å². The second-order valence-corrected chi connectivity index (χ2v) is 5.56. The molecule has 1 heterocycles. The molecule has 3 nitrogen and oxygen atoms in total. The summed E-state index contributed by atoms with van der Waals surface area (Å²) in [5.74, 6) is 0. The van der Waals surface area contributed by atoms with E-state index in [1.807, 2.05) is 27.2 Å². The van der Waals surface area contributed by atoms with Crippen LogP contribution < -0.4 is 4.90 Å². The number of rotatable bonds is 3. The van der Waals surface area contributed by atoms with E-state index in [4.69, 9.17) is 0 Å². The van der Waals surface area contributed by atoms with Crippen LogP contribution in [0.25, 0.3) is 0 Å². The third-order valence-corrected chi connectivity index (χ3v) is 3.73. The summed E-state index contributed by atoms with van der Waals surface area (Å²) in [5, 5.41) is 0.821. The van der Waals surface area contributed by atoms with Gasteiger partial charge < -0.3 is 4.90 Å². The highest BCUT2D eigenvalue weighted by atomic mass is 32.1. The zero-order valence-electron chi connectivity index (χ0n) is 11.1. The van der Waals surface area contributed by atoms with Crippen LogP contribution in [0.1, 0.15) is 16.1 Å². The Kier molecular flexibility index (Phi) is 3.77. The van der Waals surface area contributed by atoms with E-state index in [2.05, 4.69) is 46.1 Å². The van der Waals surface area contributed by atoms with Gasteiger partial charge in [-0.15, -0.1) is 0 Å². The lowest BCUT2D eigenvalue weighted by Gasteiger charge is -2.11. The molecule has 0 aliphatic rings.